The molecule has 0 spiro atoms. The van der Waals surface area contributed by atoms with Gasteiger partial charge < -0.3 is 15.4 Å². The van der Waals surface area contributed by atoms with Crippen molar-refractivity contribution in [1.29, 1.82) is 0 Å². The lowest BCUT2D eigenvalue weighted by atomic mass is 9.67. The van der Waals surface area contributed by atoms with E-state index >= 15 is 0 Å². The fourth-order valence-electron chi connectivity index (χ4n) is 3.43. The van der Waals surface area contributed by atoms with Crippen molar-refractivity contribution in [2.75, 3.05) is 40.9 Å². The molecule has 1 unspecified atom stereocenters. The van der Waals surface area contributed by atoms with Crippen molar-refractivity contribution < 1.29 is 4.74 Å². The van der Waals surface area contributed by atoms with Crippen LogP contribution in [0.4, 0.5) is 0 Å². The maximum absolute atomic E-state index is 5.28. The summed E-state index contributed by atoms with van der Waals surface area (Å²) in [5.74, 6) is 0.897. The van der Waals surface area contributed by atoms with Crippen molar-refractivity contribution in [2.45, 2.75) is 45.2 Å². The molecule has 1 aromatic rings. The Morgan fingerprint density at radius 3 is 2.58 bits per heavy atom. The Hall–Kier alpha value is -1.59. The van der Waals surface area contributed by atoms with Crippen LogP contribution in [0.25, 0.3) is 0 Å². The Bertz CT molecular complexity index is 542. The Balaban J connectivity index is 1.73. The van der Waals surface area contributed by atoms with Crippen molar-refractivity contribution in [3.05, 3.63) is 35.9 Å². The number of hydrogen-bond acceptors (Lipinski definition) is 3. The predicted octanol–water partition coefficient (Wildman–Crippen LogP) is 2.88. The number of methoxy groups -OCH3 is 1. The summed E-state index contributed by atoms with van der Waals surface area (Å²) in [6, 6.07) is 11.0. The van der Waals surface area contributed by atoms with Gasteiger partial charge in [-0.3, -0.25) is 9.89 Å². The highest BCUT2D eigenvalue weighted by atomic mass is 16.5. The molecule has 26 heavy (non-hydrogen) atoms. The fourth-order valence-corrected chi connectivity index (χ4v) is 3.43. The average Bonchev–Trinajstić information content (AvgIpc) is 2.63. The van der Waals surface area contributed by atoms with Crippen LogP contribution in [0.5, 0.6) is 0 Å². The zero-order valence-corrected chi connectivity index (χ0v) is 16.9. The second-order valence-electron chi connectivity index (χ2n) is 7.65. The maximum Gasteiger partial charge on any atom is 0.191 e. The zero-order chi connectivity index (χ0) is 18.8. The minimum absolute atomic E-state index is 0.392. The van der Waals surface area contributed by atoms with Crippen LogP contribution in [0.1, 0.15) is 38.2 Å². The summed E-state index contributed by atoms with van der Waals surface area (Å²) in [7, 11) is 5.80. The van der Waals surface area contributed by atoms with Crippen LogP contribution in [0.3, 0.4) is 0 Å². The third kappa shape index (κ3) is 6.29. The second-order valence-corrected chi connectivity index (χ2v) is 7.65. The first-order chi connectivity index (χ1) is 12.6. The number of rotatable bonds is 10. The van der Waals surface area contributed by atoms with Gasteiger partial charge in [0.05, 0.1) is 0 Å². The van der Waals surface area contributed by atoms with Gasteiger partial charge in [0.2, 0.25) is 0 Å². The first-order valence-electron chi connectivity index (χ1n) is 9.76. The summed E-state index contributed by atoms with van der Waals surface area (Å²) in [6.07, 6.45) is 5.04. The van der Waals surface area contributed by atoms with Crippen LogP contribution in [-0.2, 0) is 11.3 Å². The van der Waals surface area contributed by atoms with E-state index in [0.717, 1.165) is 38.6 Å². The van der Waals surface area contributed by atoms with Gasteiger partial charge in [-0.1, -0.05) is 36.8 Å². The number of aliphatic imine (C=N–C) groups is 1. The molecule has 0 amide bonds. The molecule has 1 fully saturated rings. The molecular weight excluding hydrogens is 324 g/mol. The molecule has 0 radical (unpaired) electrons. The number of nitrogens with zero attached hydrogens (tertiary/aromatic N) is 2. The first-order valence-corrected chi connectivity index (χ1v) is 9.76. The monoisotopic (exact) mass is 360 g/mol. The van der Waals surface area contributed by atoms with Gasteiger partial charge in [-0.25, -0.2) is 0 Å². The molecule has 5 heteroatoms. The molecule has 0 aliphatic heterocycles. The van der Waals surface area contributed by atoms with Crippen LogP contribution in [0.15, 0.2) is 35.3 Å². The minimum atomic E-state index is 0.392. The lowest BCUT2D eigenvalue weighted by Crippen LogP contribution is -2.49. The third-order valence-electron chi connectivity index (χ3n) is 5.70. The van der Waals surface area contributed by atoms with Gasteiger partial charge in [0.25, 0.3) is 0 Å². The van der Waals surface area contributed by atoms with Gasteiger partial charge in [-0.15, -0.1) is 0 Å². The van der Waals surface area contributed by atoms with Gasteiger partial charge in [0.15, 0.2) is 5.96 Å². The highest BCUT2D eigenvalue weighted by Gasteiger charge is 2.36. The van der Waals surface area contributed by atoms with Gasteiger partial charge in [0.1, 0.15) is 0 Å². The van der Waals surface area contributed by atoms with E-state index in [2.05, 4.69) is 64.8 Å². The molecule has 0 bridgehead atoms. The SMILES string of the molecule is CN=C(NCC(C)N(C)Cc1ccccc1)NCC1(CCOC)CCC1. The standard InChI is InChI=1S/C21H36N4O/c1-18(25(3)16-19-9-6-5-7-10-19)15-23-20(22-2)24-17-21(11-8-12-21)13-14-26-4/h5-7,9-10,18H,8,11-17H2,1-4H3,(H2,22,23,24). The number of ether oxygens (including phenoxy) is 1. The number of hydrogen-bond donors (Lipinski definition) is 2. The summed E-state index contributed by atoms with van der Waals surface area (Å²) < 4.78 is 5.28. The maximum atomic E-state index is 5.28. The smallest absolute Gasteiger partial charge is 0.191 e. The second kappa shape index (κ2) is 10.5. The number of guanidine groups is 1. The summed E-state index contributed by atoms with van der Waals surface area (Å²) >= 11 is 0. The lowest BCUT2D eigenvalue weighted by Gasteiger charge is -2.42. The van der Waals surface area contributed by atoms with Crippen LogP contribution in [-0.4, -0.2) is 57.8 Å². The third-order valence-corrected chi connectivity index (χ3v) is 5.70. The molecule has 0 aromatic heterocycles. The number of likely N-dealkylation sites (N-methyl/N-ethyl adjacent to an activating group) is 1. The van der Waals surface area contributed by atoms with E-state index in [1.54, 1.807) is 7.11 Å². The van der Waals surface area contributed by atoms with Crippen LogP contribution < -0.4 is 10.6 Å². The minimum Gasteiger partial charge on any atom is -0.385 e. The summed E-state index contributed by atoms with van der Waals surface area (Å²) in [4.78, 5) is 6.75. The van der Waals surface area contributed by atoms with E-state index in [1.807, 2.05) is 7.05 Å². The molecule has 0 saturated heterocycles. The average molecular weight is 361 g/mol. The van der Waals surface area contributed by atoms with E-state index in [1.165, 1.54) is 24.8 Å². The molecule has 1 aromatic carbocycles. The Kier molecular flexibility index (Phi) is 8.39. The van der Waals surface area contributed by atoms with E-state index in [-0.39, 0.29) is 0 Å². The van der Waals surface area contributed by atoms with Gasteiger partial charge in [-0.05, 0) is 44.2 Å². The summed E-state index contributed by atoms with van der Waals surface area (Å²) in [5, 5.41) is 7.01. The highest BCUT2D eigenvalue weighted by molar-refractivity contribution is 5.79. The number of nitrogens with one attached hydrogen (secondary N) is 2. The number of benzene rings is 1. The van der Waals surface area contributed by atoms with Crippen molar-refractivity contribution in [3.63, 3.8) is 0 Å². The van der Waals surface area contributed by atoms with Crippen LogP contribution in [0, 0.1) is 5.41 Å². The van der Waals surface area contributed by atoms with E-state index < -0.39 is 0 Å². The molecule has 2 rings (SSSR count). The quantitative estimate of drug-likeness (QED) is 0.498. The Labute approximate surface area is 159 Å². The molecule has 146 valence electrons. The fraction of sp³-hybridized carbons (Fsp3) is 0.667. The molecule has 5 nitrogen and oxygen atoms in total. The summed E-state index contributed by atoms with van der Waals surface area (Å²) in [5.41, 5.74) is 1.73. The molecule has 0 heterocycles. The lowest BCUT2D eigenvalue weighted by molar-refractivity contribution is 0.0732. The Morgan fingerprint density at radius 1 is 1.27 bits per heavy atom. The van der Waals surface area contributed by atoms with E-state index in [9.17, 15) is 0 Å². The summed E-state index contributed by atoms with van der Waals surface area (Å²) in [6.45, 7) is 5.89. The van der Waals surface area contributed by atoms with Crippen molar-refractivity contribution >= 4 is 5.96 Å². The van der Waals surface area contributed by atoms with Gasteiger partial charge >= 0.3 is 0 Å². The van der Waals surface area contributed by atoms with E-state index in [4.69, 9.17) is 4.74 Å². The molecule has 1 aliphatic carbocycles. The van der Waals surface area contributed by atoms with Crippen molar-refractivity contribution in [3.8, 4) is 0 Å². The predicted molar refractivity (Wildman–Crippen MR) is 110 cm³/mol. The topological polar surface area (TPSA) is 48.9 Å². The molecule has 1 atom stereocenters. The molecule has 2 N–H and O–H groups in total. The van der Waals surface area contributed by atoms with Crippen molar-refractivity contribution in [1.82, 2.24) is 15.5 Å². The van der Waals surface area contributed by atoms with Gasteiger partial charge in [-0.2, -0.15) is 0 Å². The molecule has 1 aliphatic rings. The Morgan fingerprint density at radius 2 is 2.00 bits per heavy atom. The van der Waals surface area contributed by atoms with Crippen LogP contribution in [0.2, 0.25) is 0 Å². The molecule has 1 saturated carbocycles. The largest absolute Gasteiger partial charge is 0.385 e. The van der Waals surface area contributed by atoms with Gasteiger partial charge in [0, 0.05) is 46.4 Å². The highest BCUT2D eigenvalue weighted by Crippen LogP contribution is 2.43. The van der Waals surface area contributed by atoms with E-state index in [0.29, 0.717) is 11.5 Å². The van der Waals surface area contributed by atoms with Crippen LogP contribution >= 0.6 is 0 Å². The zero-order valence-electron chi connectivity index (χ0n) is 16.9. The van der Waals surface area contributed by atoms with Crippen molar-refractivity contribution in [2.24, 2.45) is 10.4 Å². The normalized spacial score (nSPS) is 17.7. The molecular formula is C21H36N4O. The first kappa shape index (κ1) is 20.7.